The zero-order valence-electron chi connectivity index (χ0n) is 12.6. The minimum atomic E-state index is 0.0344. The number of aliphatic hydroxyl groups is 1. The minimum Gasteiger partial charge on any atom is -0.399 e. The fraction of sp³-hybridized carbons (Fsp3) is 0.294. The minimum absolute atomic E-state index is 0.0344. The number of aliphatic hydroxyl groups excluding tert-OH is 1. The molecule has 3 nitrogen and oxygen atoms in total. The summed E-state index contributed by atoms with van der Waals surface area (Å²) in [5.74, 6) is 0. The van der Waals surface area contributed by atoms with Crippen LogP contribution >= 0.6 is 0 Å². The topological polar surface area (TPSA) is 49.5 Å². The average Bonchev–Trinajstić information content (AvgIpc) is 2.38. The number of anilines is 2. The smallest absolute Gasteiger partial charge is 0.0691 e. The Balaban J connectivity index is 2.68. The van der Waals surface area contributed by atoms with Crippen LogP contribution in [0.2, 0.25) is 0 Å². The van der Waals surface area contributed by atoms with Crippen molar-refractivity contribution < 1.29 is 5.11 Å². The summed E-state index contributed by atoms with van der Waals surface area (Å²) in [6.45, 7) is 4.20. The Morgan fingerprint density at radius 3 is 2.20 bits per heavy atom. The molecule has 0 aromatic heterocycles. The van der Waals surface area contributed by atoms with Crippen molar-refractivity contribution in [2.75, 3.05) is 24.7 Å². The summed E-state index contributed by atoms with van der Waals surface area (Å²) < 4.78 is 0. The molecule has 0 bridgehead atoms. The van der Waals surface area contributed by atoms with Crippen molar-refractivity contribution in [2.45, 2.75) is 20.5 Å². The fourth-order valence-electron chi connectivity index (χ4n) is 2.82. The van der Waals surface area contributed by atoms with Crippen LogP contribution in [0.4, 0.5) is 11.4 Å². The molecule has 2 aromatic rings. The molecule has 3 N–H and O–H groups in total. The van der Waals surface area contributed by atoms with Gasteiger partial charge in [0, 0.05) is 25.5 Å². The Morgan fingerprint density at radius 2 is 1.70 bits per heavy atom. The van der Waals surface area contributed by atoms with E-state index in [1.165, 1.54) is 11.3 Å². The molecule has 0 aliphatic rings. The van der Waals surface area contributed by atoms with Crippen LogP contribution in [0.1, 0.15) is 16.7 Å². The van der Waals surface area contributed by atoms with Crippen LogP contribution in [0.25, 0.3) is 11.1 Å². The third kappa shape index (κ3) is 2.49. The Labute approximate surface area is 120 Å². The van der Waals surface area contributed by atoms with E-state index in [1.807, 2.05) is 38.4 Å². The van der Waals surface area contributed by atoms with Crippen molar-refractivity contribution in [3.05, 3.63) is 47.0 Å². The summed E-state index contributed by atoms with van der Waals surface area (Å²) in [6.07, 6.45) is 0. The first-order valence-corrected chi connectivity index (χ1v) is 6.73. The normalized spacial score (nSPS) is 10.7. The zero-order chi connectivity index (χ0) is 14.9. The standard InChI is InChI=1S/C17H22N2O/c1-11-9-15(13-5-7-14(18)8-6-13)16(10-20)12(2)17(11)19(3)4/h5-9,20H,10,18H2,1-4H3. The van der Waals surface area contributed by atoms with E-state index in [2.05, 4.69) is 24.8 Å². The highest BCUT2D eigenvalue weighted by molar-refractivity contribution is 5.76. The second-order valence-corrected chi connectivity index (χ2v) is 5.37. The Morgan fingerprint density at radius 1 is 1.10 bits per heavy atom. The molecule has 0 aliphatic heterocycles. The lowest BCUT2D eigenvalue weighted by Crippen LogP contribution is -2.13. The monoisotopic (exact) mass is 270 g/mol. The second-order valence-electron chi connectivity index (χ2n) is 5.37. The van der Waals surface area contributed by atoms with E-state index < -0.39 is 0 Å². The first kappa shape index (κ1) is 14.4. The lowest BCUT2D eigenvalue weighted by Gasteiger charge is -2.23. The molecule has 2 rings (SSSR count). The molecule has 106 valence electrons. The van der Waals surface area contributed by atoms with E-state index in [-0.39, 0.29) is 6.61 Å². The van der Waals surface area contributed by atoms with Gasteiger partial charge >= 0.3 is 0 Å². The van der Waals surface area contributed by atoms with Crippen LogP contribution in [0, 0.1) is 13.8 Å². The quantitative estimate of drug-likeness (QED) is 0.843. The van der Waals surface area contributed by atoms with Crippen LogP contribution in [0.15, 0.2) is 30.3 Å². The summed E-state index contributed by atoms with van der Waals surface area (Å²) in [5.41, 5.74) is 13.1. The maximum absolute atomic E-state index is 9.77. The van der Waals surface area contributed by atoms with Crippen LogP contribution in [0.5, 0.6) is 0 Å². The predicted molar refractivity (Wildman–Crippen MR) is 86.0 cm³/mol. The largest absolute Gasteiger partial charge is 0.399 e. The first-order valence-electron chi connectivity index (χ1n) is 6.73. The van der Waals surface area contributed by atoms with Gasteiger partial charge in [-0.1, -0.05) is 12.1 Å². The molecule has 0 aliphatic carbocycles. The molecule has 0 unspecified atom stereocenters. The fourth-order valence-corrected chi connectivity index (χ4v) is 2.82. The second kappa shape index (κ2) is 5.55. The summed E-state index contributed by atoms with van der Waals surface area (Å²) in [7, 11) is 4.05. The maximum Gasteiger partial charge on any atom is 0.0691 e. The van der Waals surface area contributed by atoms with Crippen LogP contribution in [-0.2, 0) is 6.61 Å². The molecule has 20 heavy (non-hydrogen) atoms. The summed E-state index contributed by atoms with van der Waals surface area (Å²) >= 11 is 0. The SMILES string of the molecule is Cc1cc(-c2ccc(N)cc2)c(CO)c(C)c1N(C)C. The van der Waals surface area contributed by atoms with E-state index in [4.69, 9.17) is 5.73 Å². The molecular weight excluding hydrogens is 248 g/mol. The first-order chi connectivity index (χ1) is 9.45. The van der Waals surface area contributed by atoms with Gasteiger partial charge in [0.05, 0.1) is 6.61 Å². The van der Waals surface area contributed by atoms with Gasteiger partial charge in [0.2, 0.25) is 0 Å². The lowest BCUT2D eigenvalue weighted by molar-refractivity contribution is 0.281. The predicted octanol–water partition coefficient (Wildman–Crippen LogP) is 3.11. The number of nitrogens with zero attached hydrogens (tertiary/aromatic N) is 1. The summed E-state index contributed by atoms with van der Waals surface area (Å²) in [4.78, 5) is 2.09. The van der Waals surface area contributed by atoms with Gasteiger partial charge in [-0.05, 0) is 59.9 Å². The molecule has 0 amide bonds. The lowest BCUT2D eigenvalue weighted by atomic mass is 9.92. The molecular formula is C17H22N2O. The Bertz CT molecular complexity index is 616. The van der Waals surface area contributed by atoms with E-state index >= 15 is 0 Å². The van der Waals surface area contributed by atoms with Gasteiger partial charge in [0.25, 0.3) is 0 Å². The van der Waals surface area contributed by atoms with Gasteiger partial charge in [0.1, 0.15) is 0 Å². The summed E-state index contributed by atoms with van der Waals surface area (Å²) in [5, 5.41) is 9.77. The molecule has 0 saturated heterocycles. The molecule has 3 heteroatoms. The number of rotatable bonds is 3. The highest BCUT2D eigenvalue weighted by atomic mass is 16.3. The van der Waals surface area contributed by atoms with Gasteiger partial charge in [-0.2, -0.15) is 0 Å². The van der Waals surface area contributed by atoms with Gasteiger partial charge in [-0.15, -0.1) is 0 Å². The number of nitrogen functional groups attached to an aromatic ring is 1. The summed E-state index contributed by atoms with van der Waals surface area (Å²) in [6, 6.07) is 9.91. The van der Waals surface area contributed by atoms with E-state index in [0.29, 0.717) is 0 Å². The number of hydrogen-bond donors (Lipinski definition) is 2. The number of aryl methyl sites for hydroxylation is 1. The molecule has 2 aromatic carbocycles. The highest BCUT2D eigenvalue weighted by Crippen LogP contribution is 2.35. The molecule has 0 radical (unpaired) electrons. The molecule has 0 heterocycles. The average molecular weight is 270 g/mol. The zero-order valence-corrected chi connectivity index (χ0v) is 12.6. The third-order valence-corrected chi connectivity index (χ3v) is 3.69. The van der Waals surface area contributed by atoms with Gasteiger partial charge in [0.15, 0.2) is 0 Å². The highest BCUT2D eigenvalue weighted by Gasteiger charge is 2.15. The van der Waals surface area contributed by atoms with Crippen LogP contribution in [-0.4, -0.2) is 19.2 Å². The van der Waals surface area contributed by atoms with Crippen molar-refractivity contribution in [1.29, 1.82) is 0 Å². The maximum atomic E-state index is 9.77. The van der Waals surface area contributed by atoms with E-state index in [1.54, 1.807) is 0 Å². The Kier molecular flexibility index (Phi) is 4.00. The molecule has 0 saturated carbocycles. The molecule has 0 spiro atoms. The van der Waals surface area contributed by atoms with Crippen molar-refractivity contribution in [3.8, 4) is 11.1 Å². The number of benzene rings is 2. The van der Waals surface area contributed by atoms with Crippen molar-refractivity contribution in [1.82, 2.24) is 0 Å². The van der Waals surface area contributed by atoms with Crippen LogP contribution < -0.4 is 10.6 Å². The molecule has 0 fully saturated rings. The van der Waals surface area contributed by atoms with Gasteiger partial charge in [-0.25, -0.2) is 0 Å². The van der Waals surface area contributed by atoms with E-state index in [9.17, 15) is 5.11 Å². The molecule has 0 atom stereocenters. The number of nitrogens with two attached hydrogens (primary N) is 1. The van der Waals surface area contributed by atoms with Crippen molar-refractivity contribution >= 4 is 11.4 Å². The number of hydrogen-bond acceptors (Lipinski definition) is 3. The van der Waals surface area contributed by atoms with Crippen LogP contribution in [0.3, 0.4) is 0 Å². The van der Waals surface area contributed by atoms with Gasteiger partial charge < -0.3 is 15.7 Å². The Hall–Kier alpha value is -2.00. The van der Waals surface area contributed by atoms with Gasteiger partial charge in [-0.3, -0.25) is 0 Å². The third-order valence-electron chi connectivity index (χ3n) is 3.69. The van der Waals surface area contributed by atoms with Crippen molar-refractivity contribution in [3.63, 3.8) is 0 Å². The van der Waals surface area contributed by atoms with Crippen molar-refractivity contribution in [2.24, 2.45) is 0 Å². The van der Waals surface area contributed by atoms with E-state index in [0.717, 1.165) is 27.9 Å².